The van der Waals surface area contributed by atoms with Crippen LogP contribution in [0.1, 0.15) is 31.9 Å². The first-order valence-corrected chi connectivity index (χ1v) is 6.71. The van der Waals surface area contributed by atoms with Gasteiger partial charge in [0, 0.05) is 18.2 Å². The van der Waals surface area contributed by atoms with Crippen LogP contribution in [0.2, 0.25) is 5.02 Å². The third-order valence-electron chi connectivity index (χ3n) is 2.70. The number of hydrogen-bond acceptors (Lipinski definition) is 3. The fraction of sp³-hybridized carbons (Fsp3) is 0.571. The molecule has 0 amide bonds. The average Bonchev–Trinajstić information content (AvgIpc) is 2.36. The van der Waals surface area contributed by atoms with Crippen molar-refractivity contribution in [1.82, 2.24) is 5.32 Å². The lowest BCUT2D eigenvalue weighted by Crippen LogP contribution is -2.19. The Labute approximate surface area is 114 Å². The van der Waals surface area contributed by atoms with Crippen LogP contribution in [-0.4, -0.2) is 26.9 Å². The van der Waals surface area contributed by atoms with E-state index < -0.39 is 0 Å². The summed E-state index contributed by atoms with van der Waals surface area (Å²) in [6.45, 7) is 6.36. The van der Waals surface area contributed by atoms with Crippen molar-refractivity contribution in [3.63, 3.8) is 0 Å². The first-order valence-electron chi connectivity index (χ1n) is 6.33. The smallest absolute Gasteiger partial charge is 0.120 e. The van der Waals surface area contributed by atoms with Crippen LogP contribution in [0.25, 0.3) is 0 Å². The summed E-state index contributed by atoms with van der Waals surface area (Å²) in [4.78, 5) is 0. The van der Waals surface area contributed by atoms with E-state index in [2.05, 4.69) is 19.2 Å². The number of hydrogen-bond donors (Lipinski definition) is 1. The van der Waals surface area contributed by atoms with Gasteiger partial charge in [-0.3, -0.25) is 0 Å². The highest BCUT2D eigenvalue weighted by atomic mass is 35.5. The molecule has 0 aromatic heterocycles. The quantitative estimate of drug-likeness (QED) is 0.735. The van der Waals surface area contributed by atoms with Crippen LogP contribution in [0.5, 0.6) is 5.75 Å². The van der Waals surface area contributed by atoms with Gasteiger partial charge in [0.05, 0.1) is 6.61 Å². The van der Waals surface area contributed by atoms with Gasteiger partial charge in [-0.25, -0.2) is 0 Å². The predicted molar refractivity (Wildman–Crippen MR) is 75.5 cm³/mol. The van der Waals surface area contributed by atoms with Gasteiger partial charge in [0.15, 0.2) is 0 Å². The van der Waals surface area contributed by atoms with Crippen molar-refractivity contribution in [3.05, 3.63) is 28.8 Å². The number of nitrogens with one attached hydrogen (secondary N) is 1. The second-order valence-corrected chi connectivity index (χ2v) is 4.61. The van der Waals surface area contributed by atoms with Gasteiger partial charge < -0.3 is 14.8 Å². The number of rotatable bonds is 8. The zero-order valence-corrected chi connectivity index (χ0v) is 12.1. The molecule has 0 aliphatic carbocycles. The Morgan fingerprint density at radius 2 is 2.11 bits per heavy atom. The van der Waals surface area contributed by atoms with Crippen LogP contribution in [0.15, 0.2) is 18.2 Å². The molecule has 1 atom stereocenters. The molecule has 4 heteroatoms. The number of ether oxygens (including phenoxy) is 2. The van der Waals surface area contributed by atoms with Crippen molar-refractivity contribution in [2.45, 2.75) is 26.3 Å². The van der Waals surface area contributed by atoms with Gasteiger partial charge in [0.25, 0.3) is 0 Å². The van der Waals surface area contributed by atoms with Crippen LogP contribution < -0.4 is 10.1 Å². The normalized spacial score (nSPS) is 12.4. The highest BCUT2D eigenvalue weighted by Gasteiger charge is 2.09. The van der Waals surface area contributed by atoms with Crippen molar-refractivity contribution >= 4 is 11.6 Å². The van der Waals surface area contributed by atoms with Gasteiger partial charge in [-0.05, 0) is 37.6 Å². The molecule has 0 aliphatic heterocycles. The van der Waals surface area contributed by atoms with Crippen LogP contribution >= 0.6 is 11.6 Å². The molecule has 1 unspecified atom stereocenters. The molecular weight excluding hydrogens is 250 g/mol. The molecular formula is C14H22ClNO2. The fourth-order valence-electron chi connectivity index (χ4n) is 1.66. The van der Waals surface area contributed by atoms with Gasteiger partial charge >= 0.3 is 0 Å². The number of methoxy groups -OCH3 is 1. The topological polar surface area (TPSA) is 30.5 Å². The molecule has 0 radical (unpaired) electrons. The number of halogens is 1. The van der Waals surface area contributed by atoms with Gasteiger partial charge in [0.1, 0.15) is 12.4 Å². The average molecular weight is 272 g/mol. The summed E-state index contributed by atoms with van der Waals surface area (Å²) in [6.07, 6.45) is 1.11. The van der Waals surface area contributed by atoms with E-state index in [0.29, 0.717) is 13.2 Å². The minimum absolute atomic E-state index is 0.255. The maximum Gasteiger partial charge on any atom is 0.120 e. The fourth-order valence-corrected chi connectivity index (χ4v) is 2.00. The summed E-state index contributed by atoms with van der Waals surface area (Å²) in [5.74, 6) is 0.781. The summed E-state index contributed by atoms with van der Waals surface area (Å²) in [5, 5.41) is 4.15. The third kappa shape index (κ3) is 4.84. The molecule has 0 heterocycles. The first kappa shape index (κ1) is 15.3. The molecule has 0 saturated heterocycles. The molecule has 0 bridgehead atoms. The van der Waals surface area contributed by atoms with Gasteiger partial charge in [0.2, 0.25) is 0 Å². The maximum atomic E-state index is 6.26. The largest absolute Gasteiger partial charge is 0.491 e. The number of benzene rings is 1. The Balaban J connectivity index is 2.61. The summed E-state index contributed by atoms with van der Waals surface area (Å²) in [5.41, 5.74) is 1.10. The van der Waals surface area contributed by atoms with Gasteiger partial charge in [-0.1, -0.05) is 24.6 Å². The van der Waals surface area contributed by atoms with Crippen molar-refractivity contribution in [1.29, 1.82) is 0 Å². The molecule has 102 valence electrons. The summed E-state index contributed by atoms with van der Waals surface area (Å²) in [7, 11) is 1.65. The molecule has 0 fully saturated rings. The van der Waals surface area contributed by atoms with Gasteiger partial charge in [-0.15, -0.1) is 0 Å². The Morgan fingerprint density at radius 3 is 2.72 bits per heavy atom. The lowest BCUT2D eigenvalue weighted by atomic mass is 10.1. The van der Waals surface area contributed by atoms with Crippen LogP contribution in [-0.2, 0) is 4.74 Å². The maximum absolute atomic E-state index is 6.26. The Kier molecular flexibility index (Phi) is 7.09. The molecule has 18 heavy (non-hydrogen) atoms. The van der Waals surface area contributed by atoms with Crippen molar-refractivity contribution in [2.24, 2.45) is 0 Å². The van der Waals surface area contributed by atoms with E-state index in [0.717, 1.165) is 29.3 Å². The zero-order chi connectivity index (χ0) is 13.4. The lowest BCUT2D eigenvalue weighted by molar-refractivity contribution is 0.146. The molecule has 0 saturated carbocycles. The van der Waals surface area contributed by atoms with E-state index in [-0.39, 0.29) is 6.04 Å². The molecule has 1 rings (SSSR count). The molecule has 1 N–H and O–H groups in total. The predicted octanol–water partition coefficient (Wildman–Crippen LogP) is 3.43. The third-order valence-corrected chi connectivity index (χ3v) is 3.02. The lowest BCUT2D eigenvalue weighted by Gasteiger charge is -2.16. The van der Waals surface area contributed by atoms with E-state index in [4.69, 9.17) is 21.1 Å². The van der Waals surface area contributed by atoms with Crippen LogP contribution in [0, 0.1) is 0 Å². The monoisotopic (exact) mass is 271 g/mol. The molecule has 1 aromatic rings. The molecule has 1 aromatic carbocycles. The minimum atomic E-state index is 0.255. The summed E-state index contributed by atoms with van der Waals surface area (Å²) in [6, 6.07) is 6.07. The van der Waals surface area contributed by atoms with E-state index in [9.17, 15) is 0 Å². The SMILES string of the molecule is CCCNC(C)c1ccc(OCCOC)cc1Cl. The van der Waals surface area contributed by atoms with Crippen molar-refractivity contribution < 1.29 is 9.47 Å². The first-order chi connectivity index (χ1) is 8.69. The van der Waals surface area contributed by atoms with E-state index >= 15 is 0 Å². The van der Waals surface area contributed by atoms with Crippen LogP contribution in [0.3, 0.4) is 0 Å². The van der Waals surface area contributed by atoms with Crippen molar-refractivity contribution in [2.75, 3.05) is 26.9 Å². The Morgan fingerprint density at radius 1 is 1.33 bits per heavy atom. The minimum Gasteiger partial charge on any atom is -0.491 e. The van der Waals surface area contributed by atoms with E-state index in [1.165, 1.54) is 0 Å². The highest BCUT2D eigenvalue weighted by molar-refractivity contribution is 6.31. The Hall–Kier alpha value is -0.770. The van der Waals surface area contributed by atoms with Gasteiger partial charge in [-0.2, -0.15) is 0 Å². The Bertz CT molecular complexity index is 358. The molecule has 3 nitrogen and oxygen atoms in total. The second kappa shape index (κ2) is 8.35. The zero-order valence-electron chi connectivity index (χ0n) is 11.3. The summed E-state index contributed by atoms with van der Waals surface area (Å²) >= 11 is 6.26. The molecule has 0 aliphatic rings. The standard InChI is InChI=1S/C14H22ClNO2/c1-4-7-16-11(2)13-6-5-12(10-14(13)15)18-9-8-17-3/h5-6,10-11,16H,4,7-9H2,1-3H3. The second-order valence-electron chi connectivity index (χ2n) is 4.20. The molecule has 0 spiro atoms. The highest BCUT2D eigenvalue weighted by Crippen LogP contribution is 2.27. The van der Waals surface area contributed by atoms with E-state index in [1.807, 2.05) is 18.2 Å². The van der Waals surface area contributed by atoms with Crippen molar-refractivity contribution in [3.8, 4) is 5.75 Å². The summed E-state index contributed by atoms with van der Waals surface area (Å²) < 4.78 is 10.4. The van der Waals surface area contributed by atoms with E-state index in [1.54, 1.807) is 7.11 Å². The van der Waals surface area contributed by atoms with Crippen LogP contribution in [0.4, 0.5) is 0 Å².